The van der Waals surface area contributed by atoms with Crippen molar-refractivity contribution in [3.8, 4) is 0 Å². The average Bonchev–Trinajstić information content (AvgIpc) is 1.86. The number of carbonyl (C=O) groups excluding carboxylic acids is 1. The molecule has 0 aliphatic heterocycles. The molecule has 1 rings (SSSR count). The minimum atomic E-state index is -0.0956. The van der Waals surface area contributed by atoms with Crippen molar-refractivity contribution in [3.05, 3.63) is 0 Å². The van der Waals surface area contributed by atoms with E-state index in [9.17, 15) is 4.79 Å². The van der Waals surface area contributed by atoms with E-state index < -0.39 is 0 Å². The molecule has 0 amide bonds. The molecular weight excluding hydrogens is 130 g/mol. The second kappa shape index (κ2) is 3.01. The topological polar surface area (TPSA) is 52.3 Å². The average molecular weight is 143 g/mol. The Morgan fingerprint density at radius 3 is 2.70 bits per heavy atom. The second-order valence-corrected chi connectivity index (χ2v) is 2.70. The van der Waals surface area contributed by atoms with Crippen LogP contribution in [0.15, 0.2) is 0 Å². The Bertz CT molecular complexity index is 134. The zero-order valence-corrected chi connectivity index (χ0v) is 6.17. The lowest BCUT2D eigenvalue weighted by atomic mass is 9.74. The van der Waals surface area contributed by atoms with Crippen LogP contribution < -0.4 is 5.73 Å². The predicted octanol–water partition coefficient (Wildman–Crippen LogP) is 0.144. The third-order valence-corrected chi connectivity index (χ3v) is 2.22. The van der Waals surface area contributed by atoms with E-state index in [0.717, 1.165) is 12.8 Å². The quantitative estimate of drug-likeness (QED) is 0.559. The van der Waals surface area contributed by atoms with Crippen LogP contribution in [0.1, 0.15) is 12.8 Å². The lowest BCUT2D eigenvalue weighted by molar-refractivity contribution is -0.151. The van der Waals surface area contributed by atoms with Crippen molar-refractivity contribution in [3.63, 3.8) is 0 Å². The maximum atomic E-state index is 10.9. The number of methoxy groups -OCH3 is 1. The summed E-state index contributed by atoms with van der Waals surface area (Å²) in [6.45, 7) is 0.611. The molecule has 0 bridgehead atoms. The summed E-state index contributed by atoms with van der Waals surface area (Å²) >= 11 is 0. The van der Waals surface area contributed by atoms with Crippen LogP contribution in [0.3, 0.4) is 0 Å². The van der Waals surface area contributed by atoms with E-state index in [1.807, 2.05) is 0 Å². The molecule has 3 nitrogen and oxygen atoms in total. The number of esters is 1. The Morgan fingerprint density at radius 1 is 1.70 bits per heavy atom. The third-order valence-electron chi connectivity index (χ3n) is 2.22. The highest BCUT2D eigenvalue weighted by Gasteiger charge is 2.35. The highest BCUT2D eigenvalue weighted by atomic mass is 16.5. The van der Waals surface area contributed by atoms with Crippen molar-refractivity contribution in [1.29, 1.82) is 0 Å². The summed E-state index contributed by atoms with van der Waals surface area (Å²) in [5.41, 5.74) is 5.41. The summed E-state index contributed by atoms with van der Waals surface area (Å²) in [6, 6.07) is 0. The molecule has 2 unspecified atom stereocenters. The fraction of sp³-hybridized carbons (Fsp3) is 0.857. The first-order chi connectivity index (χ1) is 4.79. The van der Waals surface area contributed by atoms with Gasteiger partial charge >= 0.3 is 5.97 Å². The molecule has 10 heavy (non-hydrogen) atoms. The van der Waals surface area contributed by atoms with Crippen molar-refractivity contribution in [1.82, 2.24) is 0 Å². The van der Waals surface area contributed by atoms with Crippen LogP contribution in [0.4, 0.5) is 0 Å². The van der Waals surface area contributed by atoms with Crippen LogP contribution in [0, 0.1) is 11.8 Å². The van der Waals surface area contributed by atoms with Gasteiger partial charge in [0.25, 0.3) is 0 Å². The Balaban J connectivity index is 2.35. The molecule has 2 N–H and O–H groups in total. The van der Waals surface area contributed by atoms with Gasteiger partial charge < -0.3 is 10.5 Å². The number of ether oxygens (including phenoxy) is 1. The maximum absolute atomic E-state index is 10.9. The Morgan fingerprint density at radius 2 is 2.40 bits per heavy atom. The number of hydrogen-bond donors (Lipinski definition) is 1. The van der Waals surface area contributed by atoms with E-state index in [0.29, 0.717) is 12.5 Å². The molecule has 1 aliphatic carbocycles. The van der Waals surface area contributed by atoms with Gasteiger partial charge in [0.05, 0.1) is 13.0 Å². The van der Waals surface area contributed by atoms with Crippen molar-refractivity contribution in [2.24, 2.45) is 17.6 Å². The van der Waals surface area contributed by atoms with Crippen molar-refractivity contribution < 1.29 is 9.53 Å². The summed E-state index contributed by atoms with van der Waals surface area (Å²) in [5.74, 6) is 0.379. The lowest BCUT2D eigenvalue weighted by Crippen LogP contribution is -2.38. The van der Waals surface area contributed by atoms with Crippen LogP contribution in [0.5, 0.6) is 0 Å². The van der Waals surface area contributed by atoms with Gasteiger partial charge in [-0.3, -0.25) is 4.79 Å². The van der Waals surface area contributed by atoms with E-state index in [2.05, 4.69) is 4.74 Å². The number of rotatable bonds is 2. The van der Waals surface area contributed by atoms with Gasteiger partial charge in [-0.2, -0.15) is 0 Å². The number of nitrogens with two attached hydrogens (primary N) is 1. The van der Waals surface area contributed by atoms with E-state index in [-0.39, 0.29) is 11.9 Å². The van der Waals surface area contributed by atoms with Crippen LogP contribution in [-0.4, -0.2) is 19.6 Å². The third kappa shape index (κ3) is 1.14. The molecule has 3 heteroatoms. The van der Waals surface area contributed by atoms with Crippen molar-refractivity contribution in [2.75, 3.05) is 13.7 Å². The van der Waals surface area contributed by atoms with E-state index in [1.165, 1.54) is 7.11 Å². The van der Waals surface area contributed by atoms with Gasteiger partial charge in [0.1, 0.15) is 0 Å². The highest BCUT2D eigenvalue weighted by molar-refractivity contribution is 5.73. The zero-order valence-electron chi connectivity index (χ0n) is 6.17. The van der Waals surface area contributed by atoms with Crippen LogP contribution in [0.2, 0.25) is 0 Å². The molecule has 58 valence electrons. The van der Waals surface area contributed by atoms with E-state index >= 15 is 0 Å². The van der Waals surface area contributed by atoms with Crippen LogP contribution in [0.25, 0.3) is 0 Å². The smallest absolute Gasteiger partial charge is 0.308 e. The van der Waals surface area contributed by atoms with Gasteiger partial charge in [-0.15, -0.1) is 0 Å². The summed E-state index contributed by atoms with van der Waals surface area (Å²) in [4.78, 5) is 10.9. The van der Waals surface area contributed by atoms with Crippen molar-refractivity contribution >= 4 is 5.97 Å². The fourth-order valence-corrected chi connectivity index (χ4v) is 1.31. The molecule has 1 aliphatic rings. The molecule has 0 spiro atoms. The molecule has 1 saturated carbocycles. The van der Waals surface area contributed by atoms with Crippen LogP contribution in [-0.2, 0) is 9.53 Å². The first-order valence-electron chi connectivity index (χ1n) is 3.57. The predicted molar refractivity (Wildman–Crippen MR) is 37.3 cm³/mol. The molecule has 2 atom stereocenters. The zero-order chi connectivity index (χ0) is 7.56. The standard InChI is InChI=1S/C7H13NO2/c1-10-7(9)6-3-2-5(6)4-8/h5-6H,2-4,8H2,1H3. The summed E-state index contributed by atoms with van der Waals surface area (Å²) < 4.78 is 4.59. The molecule has 0 saturated heterocycles. The monoisotopic (exact) mass is 143 g/mol. The molecule has 0 heterocycles. The molecule has 1 fully saturated rings. The lowest BCUT2D eigenvalue weighted by Gasteiger charge is -2.32. The molecular formula is C7H13NO2. The van der Waals surface area contributed by atoms with E-state index in [4.69, 9.17) is 5.73 Å². The van der Waals surface area contributed by atoms with Gasteiger partial charge in [-0.1, -0.05) is 0 Å². The Kier molecular flexibility index (Phi) is 2.27. The summed E-state index contributed by atoms with van der Waals surface area (Å²) in [5, 5.41) is 0. The molecule has 0 aromatic heterocycles. The molecule has 0 aromatic carbocycles. The Labute approximate surface area is 60.5 Å². The van der Waals surface area contributed by atoms with Gasteiger partial charge in [-0.05, 0) is 25.3 Å². The highest BCUT2D eigenvalue weighted by Crippen LogP contribution is 2.33. The minimum Gasteiger partial charge on any atom is -0.469 e. The second-order valence-electron chi connectivity index (χ2n) is 2.70. The van der Waals surface area contributed by atoms with Gasteiger partial charge in [0.2, 0.25) is 0 Å². The number of carbonyl (C=O) groups is 1. The van der Waals surface area contributed by atoms with Crippen molar-refractivity contribution in [2.45, 2.75) is 12.8 Å². The maximum Gasteiger partial charge on any atom is 0.308 e. The first-order valence-corrected chi connectivity index (χ1v) is 3.57. The minimum absolute atomic E-state index is 0.0926. The summed E-state index contributed by atoms with van der Waals surface area (Å²) in [7, 11) is 1.42. The molecule has 0 aromatic rings. The first kappa shape index (κ1) is 7.54. The Hall–Kier alpha value is -0.570. The fourth-order valence-electron chi connectivity index (χ4n) is 1.31. The molecule has 0 radical (unpaired) electrons. The van der Waals surface area contributed by atoms with Gasteiger partial charge in [0.15, 0.2) is 0 Å². The van der Waals surface area contributed by atoms with Gasteiger partial charge in [-0.25, -0.2) is 0 Å². The SMILES string of the molecule is COC(=O)C1CCC1CN. The normalized spacial score (nSPS) is 31.0. The summed E-state index contributed by atoms with van der Waals surface area (Å²) in [6.07, 6.45) is 2.03. The van der Waals surface area contributed by atoms with E-state index in [1.54, 1.807) is 0 Å². The van der Waals surface area contributed by atoms with Gasteiger partial charge in [0, 0.05) is 0 Å². The van der Waals surface area contributed by atoms with Crippen LogP contribution >= 0.6 is 0 Å². The number of hydrogen-bond acceptors (Lipinski definition) is 3. The largest absolute Gasteiger partial charge is 0.469 e.